The Balaban J connectivity index is 3.55. The molecule has 286 valence electrons. The van der Waals surface area contributed by atoms with Gasteiger partial charge < -0.3 is 9.84 Å². The lowest BCUT2D eigenvalue weighted by atomic mass is 10.0. The Kier molecular flexibility index (Phi) is 39.5. The van der Waals surface area contributed by atoms with Crippen LogP contribution < -0.4 is 0 Å². The highest BCUT2D eigenvalue weighted by Gasteiger charge is 2.14. The SMILES string of the molecule is CCCCCCCCCCCCCCCCCCCC(=O)OC(CCCC)CCCCCCCCCCCCCCCCCCC(=O)O. The molecular weight excluding hydrogens is 592 g/mol. The molecule has 0 fully saturated rings. The van der Waals surface area contributed by atoms with Crippen LogP contribution in [0.3, 0.4) is 0 Å². The van der Waals surface area contributed by atoms with Crippen LogP contribution in [0.25, 0.3) is 0 Å². The highest BCUT2D eigenvalue weighted by molar-refractivity contribution is 5.69. The van der Waals surface area contributed by atoms with Gasteiger partial charge in [0.25, 0.3) is 0 Å². The maximum atomic E-state index is 12.5. The number of hydrogen-bond donors (Lipinski definition) is 1. The molecule has 0 aromatic carbocycles. The number of carbonyl (C=O) groups excluding carboxylic acids is 1. The minimum Gasteiger partial charge on any atom is -0.481 e. The first kappa shape index (κ1) is 46.9. The van der Waals surface area contributed by atoms with Crippen LogP contribution in [0.15, 0.2) is 0 Å². The second-order valence-corrected chi connectivity index (χ2v) is 15.3. The van der Waals surface area contributed by atoms with Crippen LogP contribution in [0.5, 0.6) is 0 Å². The fraction of sp³-hybridized carbons (Fsp3) is 0.955. The van der Waals surface area contributed by atoms with Gasteiger partial charge in [-0.2, -0.15) is 0 Å². The molecule has 0 radical (unpaired) electrons. The molecule has 0 rings (SSSR count). The van der Waals surface area contributed by atoms with Crippen LogP contribution in [0, 0.1) is 0 Å². The van der Waals surface area contributed by atoms with Gasteiger partial charge >= 0.3 is 11.9 Å². The molecule has 0 saturated heterocycles. The van der Waals surface area contributed by atoms with Crippen LogP contribution in [-0.4, -0.2) is 23.1 Å². The normalized spacial score (nSPS) is 12.0. The second kappa shape index (κ2) is 40.4. The smallest absolute Gasteiger partial charge is 0.306 e. The van der Waals surface area contributed by atoms with Gasteiger partial charge in [0, 0.05) is 12.8 Å². The molecule has 1 atom stereocenters. The third-order valence-electron chi connectivity index (χ3n) is 10.3. The number of aliphatic carboxylic acids is 1. The average molecular weight is 679 g/mol. The zero-order valence-electron chi connectivity index (χ0n) is 32.8. The zero-order valence-corrected chi connectivity index (χ0v) is 32.8. The van der Waals surface area contributed by atoms with E-state index in [0.29, 0.717) is 12.8 Å². The first-order valence-corrected chi connectivity index (χ1v) is 22.0. The summed E-state index contributed by atoms with van der Waals surface area (Å²) in [6, 6.07) is 0. The van der Waals surface area contributed by atoms with Crippen LogP contribution in [0.1, 0.15) is 264 Å². The Hall–Kier alpha value is -1.06. The van der Waals surface area contributed by atoms with E-state index in [1.165, 1.54) is 199 Å². The van der Waals surface area contributed by atoms with Gasteiger partial charge in [0.05, 0.1) is 0 Å². The fourth-order valence-electron chi connectivity index (χ4n) is 7.06. The Morgan fingerprint density at radius 1 is 0.375 bits per heavy atom. The third kappa shape index (κ3) is 39.4. The molecule has 0 aromatic heterocycles. The average Bonchev–Trinajstić information content (AvgIpc) is 3.07. The summed E-state index contributed by atoms with van der Waals surface area (Å²) in [5.74, 6) is -0.615. The predicted molar refractivity (Wildman–Crippen MR) is 209 cm³/mol. The third-order valence-corrected chi connectivity index (χ3v) is 10.3. The van der Waals surface area contributed by atoms with Crippen molar-refractivity contribution >= 4 is 11.9 Å². The van der Waals surface area contributed by atoms with Crippen molar-refractivity contribution in [2.75, 3.05) is 0 Å². The Morgan fingerprint density at radius 2 is 0.646 bits per heavy atom. The number of rotatable bonds is 41. The monoisotopic (exact) mass is 679 g/mol. The lowest BCUT2D eigenvalue weighted by Crippen LogP contribution is -2.18. The van der Waals surface area contributed by atoms with E-state index in [2.05, 4.69) is 13.8 Å². The number of hydrogen-bond acceptors (Lipinski definition) is 3. The van der Waals surface area contributed by atoms with E-state index in [1.54, 1.807) is 0 Å². The molecule has 1 unspecified atom stereocenters. The van der Waals surface area contributed by atoms with Gasteiger partial charge in [0.15, 0.2) is 0 Å². The Bertz CT molecular complexity index is 648. The van der Waals surface area contributed by atoms with Crippen molar-refractivity contribution in [3.8, 4) is 0 Å². The van der Waals surface area contributed by atoms with Gasteiger partial charge in [-0.05, 0) is 32.1 Å². The van der Waals surface area contributed by atoms with Crippen molar-refractivity contribution < 1.29 is 19.4 Å². The van der Waals surface area contributed by atoms with E-state index in [9.17, 15) is 9.59 Å². The van der Waals surface area contributed by atoms with Gasteiger partial charge in [-0.25, -0.2) is 0 Å². The molecule has 48 heavy (non-hydrogen) atoms. The van der Waals surface area contributed by atoms with E-state index in [0.717, 1.165) is 38.5 Å². The van der Waals surface area contributed by atoms with E-state index < -0.39 is 5.97 Å². The highest BCUT2D eigenvalue weighted by Crippen LogP contribution is 2.19. The van der Waals surface area contributed by atoms with E-state index in [-0.39, 0.29) is 12.1 Å². The van der Waals surface area contributed by atoms with Crippen molar-refractivity contribution in [3.63, 3.8) is 0 Å². The summed E-state index contributed by atoms with van der Waals surface area (Å²) in [5, 5.41) is 8.67. The number of carbonyl (C=O) groups is 2. The topological polar surface area (TPSA) is 63.6 Å². The summed E-state index contributed by atoms with van der Waals surface area (Å²) in [7, 11) is 0. The summed E-state index contributed by atoms with van der Waals surface area (Å²) in [5.41, 5.74) is 0. The van der Waals surface area contributed by atoms with Crippen molar-refractivity contribution in [1.82, 2.24) is 0 Å². The van der Waals surface area contributed by atoms with Gasteiger partial charge in [-0.15, -0.1) is 0 Å². The minimum atomic E-state index is -0.661. The number of unbranched alkanes of at least 4 members (excludes halogenated alkanes) is 32. The molecule has 0 heterocycles. The van der Waals surface area contributed by atoms with Crippen LogP contribution in [-0.2, 0) is 14.3 Å². The molecular formula is C44H86O4. The van der Waals surface area contributed by atoms with Gasteiger partial charge in [-0.3, -0.25) is 9.59 Å². The fourth-order valence-corrected chi connectivity index (χ4v) is 7.06. The van der Waals surface area contributed by atoms with Crippen LogP contribution in [0.4, 0.5) is 0 Å². The summed E-state index contributed by atoms with van der Waals surface area (Å²) in [4.78, 5) is 23.1. The molecule has 4 heteroatoms. The summed E-state index contributed by atoms with van der Waals surface area (Å²) in [6.45, 7) is 4.52. The quantitative estimate of drug-likeness (QED) is 0.0516. The summed E-state index contributed by atoms with van der Waals surface area (Å²) in [6.07, 6.45) is 49.1. The standard InChI is InChI=1S/C44H86O4/c1-3-5-7-8-9-10-11-12-13-14-19-22-25-28-31-34-37-41-44(47)48-42(38-6-4-2)39-35-32-29-26-23-20-17-15-16-18-21-24-27-30-33-36-40-43(45)46/h42H,3-41H2,1-2H3,(H,45,46). The van der Waals surface area contributed by atoms with E-state index in [4.69, 9.17) is 9.84 Å². The molecule has 0 aliphatic rings. The van der Waals surface area contributed by atoms with Crippen molar-refractivity contribution in [2.45, 2.75) is 270 Å². The van der Waals surface area contributed by atoms with Gasteiger partial charge in [0.2, 0.25) is 0 Å². The van der Waals surface area contributed by atoms with Crippen molar-refractivity contribution in [3.05, 3.63) is 0 Å². The van der Waals surface area contributed by atoms with Gasteiger partial charge in [-0.1, -0.05) is 219 Å². The number of carboxylic acids is 1. The first-order chi connectivity index (χ1) is 23.6. The molecule has 1 N–H and O–H groups in total. The van der Waals surface area contributed by atoms with Crippen molar-refractivity contribution in [2.24, 2.45) is 0 Å². The maximum Gasteiger partial charge on any atom is 0.306 e. The summed E-state index contributed by atoms with van der Waals surface area (Å²) >= 11 is 0. The second-order valence-electron chi connectivity index (χ2n) is 15.3. The highest BCUT2D eigenvalue weighted by atomic mass is 16.5. The maximum absolute atomic E-state index is 12.5. The predicted octanol–water partition coefficient (Wildman–Crippen LogP) is 15.2. The minimum absolute atomic E-state index is 0.0463. The largest absolute Gasteiger partial charge is 0.481 e. The van der Waals surface area contributed by atoms with Crippen molar-refractivity contribution in [1.29, 1.82) is 0 Å². The molecule has 0 aliphatic carbocycles. The Morgan fingerprint density at radius 3 is 0.979 bits per heavy atom. The lowest BCUT2D eigenvalue weighted by Gasteiger charge is -2.18. The molecule has 0 spiro atoms. The van der Waals surface area contributed by atoms with Gasteiger partial charge in [0.1, 0.15) is 6.10 Å². The van der Waals surface area contributed by atoms with E-state index in [1.807, 2.05) is 0 Å². The number of carboxylic acid groups (broad SMARTS) is 1. The molecule has 0 amide bonds. The zero-order chi connectivity index (χ0) is 35.0. The first-order valence-electron chi connectivity index (χ1n) is 22.0. The van der Waals surface area contributed by atoms with Crippen LogP contribution >= 0.6 is 0 Å². The molecule has 0 aliphatic heterocycles. The molecule has 0 aromatic rings. The molecule has 0 saturated carbocycles. The lowest BCUT2D eigenvalue weighted by molar-refractivity contribution is -0.150. The molecule has 4 nitrogen and oxygen atoms in total. The van der Waals surface area contributed by atoms with E-state index >= 15 is 0 Å². The van der Waals surface area contributed by atoms with Crippen LogP contribution in [0.2, 0.25) is 0 Å². The Labute approximate surface area is 301 Å². The molecule has 0 bridgehead atoms. The number of ether oxygens (including phenoxy) is 1. The number of esters is 1. The summed E-state index contributed by atoms with van der Waals surface area (Å²) < 4.78 is 5.96.